The van der Waals surface area contributed by atoms with Crippen LogP contribution in [0, 0.1) is 5.82 Å². The number of nitrogens with zero attached hydrogens (tertiary/aromatic N) is 4. The number of fused-ring (bicyclic) bond motifs is 1. The number of methoxy groups -OCH3 is 1. The molecular weight excluding hydrogens is 345 g/mol. The minimum Gasteiger partial charge on any atom is -0.494 e. The van der Waals surface area contributed by atoms with Crippen LogP contribution in [0.3, 0.4) is 0 Å². The van der Waals surface area contributed by atoms with Crippen molar-refractivity contribution >= 4 is 16.7 Å². The van der Waals surface area contributed by atoms with E-state index in [-0.39, 0.29) is 5.75 Å². The lowest BCUT2D eigenvalue weighted by molar-refractivity contribution is 0.387. The van der Waals surface area contributed by atoms with Gasteiger partial charge in [0.1, 0.15) is 18.0 Å². The maximum absolute atomic E-state index is 13.9. The Kier molecular flexibility index (Phi) is 4.65. The van der Waals surface area contributed by atoms with Crippen LogP contribution < -0.4 is 10.1 Å². The smallest absolute Gasteiger partial charge is 0.167 e. The number of imidazole rings is 1. The largest absolute Gasteiger partial charge is 0.494 e. The van der Waals surface area contributed by atoms with Crippen molar-refractivity contribution in [3.63, 3.8) is 0 Å². The second kappa shape index (κ2) is 7.41. The molecule has 27 heavy (non-hydrogen) atoms. The molecule has 4 aromatic rings. The van der Waals surface area contributed by atoms with E-state index in [2.05, 4.69) is 37.0 Å². The van der Waals surface area contributed by atoms with Gasteiger partial charge in [-0.15, -0.1) is 0 Å². The molecule has 0 bridgehead atoms. The predicted octanol–water partition coefficient (Wildman–Crippen LogP) is 3.63. The zero-order chi connectivity index (χ0) is 18.6. The first-order valence-electron chi connectivity index (χ1n) is 8.50. The monoisotopic (exact) mass is 363 g/mol. The number of rotatable bonds is 6. The second-order valence-electron chi connectivity index (χ2n) is 6.04. The molecule has 136 valence electrons. The molecule has 0 aliphatic heterocycles. The standard InChI is InChI=1S/C20H18FN5O/c1-27-18-9-15-17(10-16(18)21)24-13-25-20(15)23-11-19-22-7-8-26(19)12-14-5-3-2-4-6-14/h2-10,13H,11-12H2,1H3,(H,23,24,25). The lowest BCUT2D eigenvalue weighted by Crippen LogP contribution is -2.10. The van der Waals surface area contributed by atoms with Gasteiger partial charge in [-0.05, 0) is 11.6 Å². The van der Waals surface area contributed by atoms with E-state index in [1.165, 1.54) is 25.1 Å². The summed E-state index contributed by atoms with van der Waals surface area (Å²) < 4.78 is 21.0. The highest BCUT2D eigenvalue weighted by Crippen LogP contribution is 2.27. The van der Waals surface area contributed by atoms with Crippen LogP contribution in [0.15, 0.2) is 61.2 Å². The third-order valence-corrected chi connectivity index (χ3v) is 4.32. The fourth-order valence-electron chi connectivity index (χ4n) is 2.95. The van der Waals surface area contributed by atoms with Crippen molar-refractivity contribution in [2.45, 2.75) is 13.1 Å². The molecule has 0 aliphatic carbocycles. The van der Waals surface area contributed by atoms with Crippen molar-refractivity contribution < 1.29 is 9.13 Å². The topological polar surface area (TPSA) is 64.9 Å². The van der Waals surface area contributed by atoms with E-state index in [0.717, 1.165) is 12.4 Å². The van der Waals surface area contributed by atoms with Crippen LogP contribution in [0.2, 0.25) is 0 Å². The van der Waals surface area contributed by atoms with Crippen molar-refractivity contribution in [3.05, 3.63) is 78.4 Å². The molecule has 0 aliphatic rings. The number of benzene rings is 2. The third kappa shape index (κ3) is 3.57. The summed E-state index contributed by atoms with van der Waals surface area (Å²) in [4.78, 5) is 12.8. The fourth-order valence-corrected chi connectivity index (χ4v) is 2.95. The quantitative estimate of drug-likeness (QED) is 0.567. The van der Waals surface area contributed by atoms with Gasteiger partial charge in [-0.2, -0.15) is 0 Å². The summed E-state index contributed by atoms with van der Waals surface area (Å²) in [6.45, 7) is 1.22. The van der Waals surface area contributed by atoms with Crippen LogP contribution in [-0.4, -0.2) is 26.6 Å². The molecule has 0 radical (unpaired) electrons. The van der Waals surface area contributed by atoms with Crippen LogP contribution in [0.5, 0.6) is 5.75 Å². The first-order valence-corrected chi connectivity index (χ1v) is 8.50. The highest BCUT2D eigenvalue weighted by Gasteiger charge is 2.11. The minimum absolute atomic E-state index is 0.158. The van der Waals surface area contributed by atoms with Gasteiger partial charge in [-0.3, -0.25) is 0 Å². The van der Waals surface area contributed by atoms with Crippen molar-refractivity contribution in [3.8, 4) is 5.75 Å². The van der Waals surface area contributed by atoms with Crippen molar-refractivity contribution in [2.75, 3.05) is 12.4 Å². The Morgan fingerprint density at radius 2 is 1.96 bits per heavy atom. The first kappa shape index (κ1) is 17.0. The molecule has 0 unspecified atom stereocenters. The molecule has 0 amide bonds. The summed E-state index contributed by atoms with van der Waals surface area (Å²) in [6.07, 6.45) is 5.13. The van der Waals surface area contributed by atoms with Crippen LogP contribution >= 0.6 is 0 Å². The zero-order valence-corrected chi connectivity index (χ0v) is 14.8. The van der Waals surface area contributed by atoms with Gasteiger partial charge in [0.2, 0.25) is 0 Å². The van der Waals surface area contributed by atoms with Gasteiger partial charge in [0, 0.05) is 30.4 Å². The predicted molar refractivity (Wildman–Crippen MR) is 101 cm³/mol. The van der Waals surface area contributed by atoms with E-state index in [0.29, 0.717) is 23.3 Å². The summed E-state index contributed by atoms with van der Waals surface area (Å²) in [5.41, 5.74) is 1.71. The normalized spacial score (nSPS) is 10.9. The Morgan fingerprint density at radius 3 is 2.78 bits per heavy atom. The van der Waals surface area contributed by atoms with Gasteiger partial charge in [0.05, 0.1) is 19.2 Å². The molecule has 0 fully saturated rings. The Balaban J connectivity index is 1.57. The molecule has 1 N–H and O–H groups in total. The maximum atomic E-state index is 13.9. The molecule has 0 saturated carbocycles. The molecule has 0 saturated heterocycles. The SMILES string of the molecule is COc1cc2c(NCc3nccn3Cc3ccccc3)ncnc2cc1F. The number of ether oxygens (including phenoxy) is 1. The number of anilines is 1. The van der Waals surface area contributed by atoms with E-state index < -0.39 is 5.82 Å². The molecule has 0 spiro atoms. The van der Waals surface area contributed by atoms with E-state index in [1.54, 1.807) is 12.3 Å². The average Bonchev–Trinajstić information content (AvgIpc) is 3.13. The zero-order valence-electron chi connectivity index (χ0n) is 14.8. The van der Waals surface area contributed by atoms with Gasteiger partial charge in [-0.1, -0.05) is 30.3 Å². The Hall–Kier alpha value is -3.48. The highest BCUT2D eigenvalue weighted by atomic mass is 19.1. The summed E-state index contributed by atoms with van der Waals surface area (Å²) >= 11 is 0. The molecule has 6 nitrogen and oxygen atoms in total. The molecule has 2 aromatic carbocycles. The molecule has 0 atom stereocenters. The van der Waals surface area contributed by atoms with Gasteiger partial charge in [0.15, 0.2) is 11.6 Å². The van der Waals surface area contributed by atoms with Gasteiger partial charge < -0.3 is 14.6 Å². The minimum atomic E-state index is -0.451. The van der Waals surface area contributed by atoms with E-state index in [9.17, 15) is 4.39 Å². The average molecular weight is 363 g/mol. The van der Waals surface area contributed by atoms with Gasteiger partial charge >= 0.3 is 0 Å². The lowest BCUT2D eigenvalue weighted by Gasteiger charge is -2.11. The number of aromatic nitrogens is 4. The Labute approximate surface area is 155 Å². The number of hydrogen-bond donors (Lipinski definition) is 1. The number of halogens is 1. The van der Waals surface area contributed by atoms with Crippen molar-refractivity contribution in [1.82, 2.24) is 19.5 Å². The lowest BCUT2D eigenvalue weighted by atomic mass is 10.2. The van der Waals surface area contributed by atoms with Crippen LogP contribution in [0.25, 0.3) is 10.9 Å². The van der Waals surface area contributed by atoms with Crippen LogP contribution in [-0.2, 0) is 13.1 Å². The molecule has 7 heteroatoms. The molecule has 4 rings (SSSR count). The molecule has 2 heterocycles. The highest BCUT2D eigenvalue weighted by molar-refractivity contribution is 5.90. The van der Waals surface area contributed by atoms with E-state index in [1.807, 2.05) is 24.4 Å². The Bertz CT molecular complexity index is 1060. The van der Waals surface area contributed by atoms with Crippen LogP contribution in [0.4, 0.5) is 10.2 Å². The van der Waals surface area contributed by atoms with E-state index >= 15 is 0 Å². The van der Waals surface area contributed by atoms with E-state index in [4.69, 9.17) is 4.74 Å². The summed E-state index contributed by atoms with van der Waals surface area (Å²) in [7, 11) is 1.43. The molecular formula is C20H18FN5O. The first-order chi connectivity index (χ1) is 13.2. The summed E-state index contributed by atoms with van der Waals surface area (Å²) in [6, 6.07) is 13.1. The fraction of sp³-hybridized carbons (Fsp3) is 0.150. The van der Waals surface area contributed by atoms with Crippen molar-refractivity contribution in [1.29, 1.82) is 0 Å². The summed E-state index contributed by atoms with van der Waals surface area (Å²) in [5, 5.41) is 3.97. The van der Waals surface area contributed by atoms with Gasteiger partial charge in [-0.25, -0.2) is 19.3 Å². The summed E-state index contributed by atoms with van der Waals surface area (Å²) in [5.74, 6) is 1.19. The number of hydrogen-bond acceptors (Lipinski definition) is 5. The third-order valence-electron chi connectivity index (χ3n) is 4.32. The van der Waals surface area contributed by atoms with Crippen molar-refractivity contribution in [2.24, 2.45) is 0 Å². The number of nitrogens with one attached hydrogen (secondary N) is 1. The maximum Gasteiger partial charge on any atom is 0.167 e. The van der Waals surface area contributed by atoms with Gasteiger partial charge in [0.25, 0.3) is 0 Å². The molecule has 2 aromatic heterocycles. The Morgan fingerprint density at radius 1 is 1.11 bits per heavy atom. The second-order valence-corrected chi connectivity index (χ2v) is 6.04. The van der Waals surface area contributed by atoms with Crippen LogP contribution in [0.1, 0.15) is 11.4 Å².